The van der Waals surface area contributed by atoms with Crippen molar-refractivity contribution < 1.29 is 19.0 Å². The number of aryl methyl sites for hydroxylation is 1. The molecule has 1 N–H and O–H groups in total. The summed E-state index contributed by atoms with van der Waals surface area (Å²) in [5.74, 6) is 1.38. The van der Waals surface area contributed by atoms with Crippen LogP contribution in [0, 0.1) is 18.3 Å². The Morgan fingerprint density at radius 2 is 1.71 bits per heavy atom. The standard InChI is InChI=1S/C27H24Br2N2O4/c1-17-4-6-18(7-5-17)16-35-26-23(28)11-19(12-24(26)29)10-21(14-30)27(32)31-15-20-8-9-22(33-2)13-25(20)34-3/h4-13H,15-16H2,1-3H3,(H,31,32)/b21-10+. The lowest BCUT2D eigenvalue weighted by Gasteiger charge is -2.12. The molecule has 35 heavy (non-hydrogen) atoms. The Hall–Kier alpha value is -3.28. The summed E-state index contributed by atoms with van der Waals surface area (Å²) in [6.45, 7) is 2.65. The summed E-state index contributed by atoms with van der Waals surface area (Å²) < 4.78 is 17.9. The summed E-state index contributed by atoms with van der Waals surface area (Å²) in [5, 5.41) is 12.3. The molecule has 3 aromatic rings. The van der Waals surface area contributed by atoms with Crippen molar-refractivity contribution in [2.45, 2.75) is 20.1 Å². The lowest BCUT2D eigenvalue weighted by atomic mass is 10.1. The fourth-order valence-corrected chi connectivity index (χ4v) is 4.68. The molecule has 0 aliphatic carbocycles. The van der Waals surface area contributed by atoms with Crippen molar-refractivity contribution in [1.29, 1.82) is 5.26 Å². The van der Waals surface area contributed by atoms with Crippen LogP contribution >= 0.6 is 31.9 Å². The first-order chi connectivity index (χ1) is 16.8. The van der Waals surface area contributed by atoms with E-state index in [0.717, 1.165) is 11.1 Å². The van der Waals surface area contributed by atoms with Crippen LogP contribution < -0.4 is 19.5 Å². The van der Waals surface area contributed by atoms with E-state index >= 15 is 0 Å². The van der Waals surface area contributed by atoms with Gasteiger partial charge in [0, 0.05) is 18.2 Å². The lowest BCUT2D eigenvalue weighted by Crippen LogP contribution is -2.24. The van der Waals surface area contributed by atoms with Crippen LogP contribution in [0.25, 0.3) is 6.08 Å². The Balaban J connectivity index is 1.71. The zero-order valence-electron chi connectivity index (χ0n) is 19.5. The number of amides is 1. The van der Waals surface area contributed by atoms with Crippen LogP contribution in [0.4, 0.5) is 0 Å². The number of nitriles is 1. The van der Waals surface area contributed by atoms with Crippen LogP contribution in [0.2, 0.25) is 0 Å². The van der Waals surface area contributed by atoms with E-state index in [-0.39, 0.29) is 12.1 Å². The number of halogens is 2. The molecule has 0 bridgehead atoms. The Morgan fingerprint density at radius 1 is 1.03 bits per heavy atom. The summed E-state index contributed by atoms with van der Waals surface area (Å²) in [7, 11) is 3.12. The molecule has 0 saturated heterocycles. The molecule has 0 spiro atoms. The molecular formula is C27H24Br2N2O4. The maximum Gasteiger partial charge on any atom is 0.262 e. The number of hydrogen-bond donors (Lipinski definition) is 1. The molecule has 0 aliphatic rings. The highest BCUT2D eigenvalue weighted by atomic mass is 79.9. The van der Waals surface area contributed by atoms with Crippen LogP contribution in [0.5, 0.6) is 17.2 Å². The van der Waals surface area contributed by atoms with Gasteiger partial charge in [0.15, 0.2) is 0 Å². The van der Waals surface area contributed by atoms with E-state index in [1.165, 1.54) is 11.6 Å². The molecule has 180 valence electrons. The zero-order valence-corrected chi connectivity index (χ0v) is 22.7. The highest BCUT2D eigenvalue weighted by Gasteiger charge is 2.14. The number of benzene rings is 3. The minimum Gasteiger partial charge on any atom is -0.497 e. The van der Waals surface area contributed by atoms with Crippen molar-refractivity contribution >= 4 is 43.8 Å². The third-order valence-electron chi connectivity index (χ3n) is 5.13. The molecule has 0 fully saturated rings. The van der Waals surface area contributed by atoms with Crippen LogP contribution in [0.3, 0.4) is 0 Å². The predicted octanol–water partition coefficient (Wildman–Crippen LogP) is 6.34. The first-order valence-electron chi connectivity index (χ1n) is 10.6. The van der Waals surface area contributed by atoms with E-state index < -0.39 is 5.91 Å². The van der Waals surface area contributed by atoms with Crippen molar-refractivity contribution in [1.82, 2.24) is 5.32 Å². The summed E-state index contributed by atoms with van der Waals surface area (Å²) in [6.07, 6.45) is 1.53. The van der Waals surface area contributed by atoms with Gasteiger partial charge < -0.3 is 19.5 Å². The van der Waals surface area contributed by atoms with Gasteiger partial charge in [0.25, 0.3) is 5.91 Å². The second-order valence-electron chi connectivity index (χ2n) is 7.62. The molecule has 0 saturated carbocycles. The smallest absolute Gasteiger partial charge is 0.262 e. The van der Waals surface area contributed by atoms with Gasteiger partial charge in [-0.2, -0.15) is 5.26 Å². The van der Waals surface area contributed by atoms with Gasteiger partial charge >= 0.3 is 0 Å². The highest BCUT2D eigenvalue weighted by molar-refractivity contribution is 9.11. The molecule has 6 nitrogen and oxygen atoms in total. The monoisotopic (exact) mass is 598 g/mol. The number of nitrogens with one attached hydrogen (secondary N) is 1. The Bertz CT molecular complexity index is 1260. The minimum atomic E-state index is -0.489. The van der Waals surface area contributed by atoms with Gasteiger partial charge in [-0.05, 0) is 80.3 Å². The third-order valence-corrected chi connectivity index (χ3v) is 6.31. The number of hydrogen-bond acceptors (Lipinski definition) is 5. The molecular weight excluding hydrogens is 576 g/mol. The topological polar surface area (TPSA) is 80.6 Å². The zero-order chi connectivity index (χ0) is 25.4. The fourth-order valence-electron chi connectivity index (χ4n) is 3.22. The number of carbonyl (C=O) groups is 1. The SMILES string of the molecule is COc1ccc(CNC(=O)/C(C#N)=C/c2cc(Br)c(OCc3ccc(C)cc3)c(Br)c2)c(OC)c1. The van der Waals surface area contributed by atoms with Crippen molar-refractivity contribution in [3.05, 3.63) is 91.4 Å². The third kappa shape index (κ3) is 7.10. The minimum absolute atomic E-state index is 0.0235. The first kappa shape index (κ1) is 26.3. The van der Waals surface area contributed by atoms with E-state index in [1.807, 2.05) is 37.3 Å². The second kappa shape index (κ2) is 12.4. The van der Waals surface area contributed by atoms with E-state index in [4.69, 9.17) is 14.2 Å². The van der Waals surface area contributed by atoms with Gasteiger partial charge in [-0.25, -0.2) is 0 Å². The van der Waals surface area contributed by atoms with Crippen LogP contribution in [-0.4, -0.2) is 20.1 Å². The van der Waals surface area contributed by atoms with Gasteiger partial charge in [-0.15, -0.1) is 0 Å². The normalized spacial score (nSPS) is 10.9. The van der Waals surface area contributed by atoms with Crippen LogP contribution in [0.1, 0.15) is 22.3 Å². The Kier molecular flexibility index (Phi) is 9.35. The summed E-state index contributed by atoms with van der Waals surface area (Å²) in [4.78, 5) is 12.7. The number of nitrogens with zero attached hydrogens (tertiary/aromatic N) is 1. The molecule has 3 rings (SSSR count). The maximum atomic E-state index is 12.7. The van der Waals surface area contributed by atoms with E-state index in [2.05, 4.69) is 37.2 Å². The molecule has 0 aromatic heterocycles. The number of methoxy groups -OCH3 is 2. The van der Waals surface area contributed by atoms with Crippen molar-refractivity contribution in [3.63, 3.8) is 0 Å². The molecule has 0 radical (unpaired) electrons. The van der Waals surface area contributed by atoms with Crippen molar-refractivity contribution in [2.24, 2.45) is 0 Å². The van der Waals surface area contributed by atoms with E-state index in [0.29, 0.717) is 38.4 Å². The summed E-state index contributed by atoms with van der Waals surface area (Å²) in [5.41, 5.74) is 3.65. The summed E-state index contributed by atoms with van der Waals surface area (Å²) in [6, 6.07) is 19.0. The van der Waals surface area contributed by atoms with Crippen LogP contribution in [0.15, 0.2) is 69.1 Å². The quantitative estimate of drug-likeness (QED) is 0.229. The van der Waals surface area contributed by atoms with Gasteiger partial charge in [0.1, 0.15) is 35.5 Å². The number of rotatable bonds is 9. The molecule has 0 heterocycles. The Labute approximate surface area is 221 Å². The Morgan fingerprint density at radius 3 is 2.31 bits per heavy atom. The molecule has 0 atom stereocenters. The van der Waals surface area contributed by atoms with Gasteiger partial charge in [-0.3, -0.25) is 4.79 Å². The number of ether oxygens (including phenoxy) is 3. The molecule has 0 unspecified atom stereocenters. The van der Waals surface area contributed by atoms with Gasteiger partial charge in [-0.1, -0.05) is 29.8 Å². The number of carbonyl (C=O) groups excluding carboxylic acids is 1. The molecule has 3 aromatic carbocycles. The molecule has 0 aliphatic heterocycles. The van der Waals surface area contributed by atoms with Crippen molar-refractivity contribution in [2.75, 3.05) is 14.2 Å². The largest absolute Gasteiger partial charge is 0.497 e. The van der Waals surface area contributed by atoms with E-state index in [9.17, 15) is 10.1 Å². The average molecular weight is 600 g/mol. The molecule has 1 amide bonds. The lowest BCUT2D eigenvalue weighted by molar-refractivity contribution is -0.117. The van der Waals surface area contributed by atoms with Gasteiger partial charge in [0.05, 0.1) is 23.2 Å². The van der Waals surface area contributed by atoms with Gasteiger partial charge in [0.2, 0.25) is 0 Å². The summed E-state index contributed by atoms with van der Waals surface area (Å²) >= 11 is 7.06. The first-order valence-corrected chi connectivity index (χ1v) is 12.2. The fraction of sp³-hybridized carbons (Fsp3) is 0.185. The van der Waals surface area contributed by atoms with Crippen LogP contribution in [-0.2, 0) is 17.9 Å². The average Bonchev–Trinajstić information content (AvgIpc) is 2.86. The molecule has 8 heteroatoms. The van der Waals surface area contributed by atoms with E-state index in [1.54, 1.807) is 44.6 Å². The highest BCUT2D eigenvalue weighted by Crippen LogP contribution is 2.36. The second-order valence-corrected chi connectivity index (χ2v) is 9.33. The maximum absolute atomic E-state index is 12.7. The van der Waals surface area contributed by atoms with Crippen molar-refractivity contribution in [3.8, 4) is 23.3 Å². The predicted molar refractivity (Wildman–Crippen MR) is 142 cm³/mol.